The fourth-order valence-electron chi connectivity index (χ4n) is 2.35. The zero-order valence-electron chi connectivity index (χ0n) is 12.7. The van der Waals surface area contributed by atoms with Gasteiger partial charge in [-0.3, -0.25) is 4.79 Å². The minimum atomic E-state index is 0.0185. The Kier molecular flexibility index (Phi) is 6.13. The molecule has 0 saturated carbocycles. The van der Waals surface area contributed by atoms with Gasteiger partial charge < -0.3 is 16.4 Å². The van der Waals surface area contributed by atoms with Crippen LogP contribution in [0.3, 0.4) is 0 Å². The van der Waals surface area contributed by atoms with E-state index in [0.29, 0.717) is 31.7 Å². The number of hydrogen-bond donors (Lipinski definition) is 2. The summed E-state index contributed by atoms with van der Waals surface area (Å²) in [4.78, 5) is 14.4. The molecule has 0 unspecified atom stereocenters. The van der Waals surface area contributed by atoms with E-state index in [1.807, 2.05) is 47.4 Å². The molecule has 0 aliphatic carbocycles. The third kappa shape index (κ3) is 4.41. The molecule has 4 N–H and O–H groups in total. The molecule has 22 heavy (non-hydrogen) atoms. The Morgan fingerprint density at radius 2 is 1.55 bits per heavy atom. The molecule has 0 aliphatic heterocycles. The average molecular weight is 297 g/mol. The molecule has 0 aliphatic rings. The summed E-state index contributed by atoms with van der Waals surface area (Å²) in [6.07, 6.45) is 0.827. The highest BCUT2D eigenvalue weighted by atomic mass is 16.2. The molecule has 0 atom stereocenters. The van der Waals surface area contributed by atoms with Crippen molar-refractivity contribution in [2.45, 2.75) is 13.0 Å². The Morgan fingerprint density at radius 3 is 2.14 bits per heavy atom. The van der Waals surface area contributed by atoms with E-state index in [1.54, 1.807) is 0 Å². The molecule has 0 aromatic heterocycles. The molecule has 0 radical (unpaired) electrons. The van der Waals surface area contributed by atoms with Crippen LogP contribution in [0.15, 0.2) is 54.6 Å². The van der Waals surface area contributed by atoms with Crippen LogP contribution in [0.4, 0.5) is 0 Å². The van der Waals surface area contributed by atoms with E-state index < -0.39 is 0 Å². The van der Waals surface area contributed by atoms with Gasteiger partial charge in [0.05, 0.1) is 0 Å². The zero-order chi connectivity index (χ0) is 15.8. The first-order chi connectivity index (χ1) is 10.7. The van der Waals surface area contributed by atoms with Crippen molar-refractivity contribution < 1.29 is 4.79 Å². The van der Waals surface area contributed by atoms with Gasteiger partial charge in [-0.05, 0) is 29.7 Å². The van der Waals surface area contributed by atoms with Crippen LogP contribution >= 0.6 is 0 Å². The predicted octanol–water partition coefficient (Wildman–Crippen LogP) is 1.79. The van der Waals surface area contributed by atoms with Crippen molar-refractivity contribution in [2.75, 3.05) is 19.6 Å². The highest BCUT2D eigenvalue weighted by molar-refractivity contribution is 5.94. The van der Waals surface area contributed by atoms with Gasteiger partial charge in [0.2, 0.25) is 0 Å². The van der Waals surface area contributed by atoms with Gasteiger partial charge >= 0.3 is 0 Å². The predicted molar refractivity (Wildman–Crippen MR) is 89.4 cm³/mol. The maximum atomic E-state index is 12.6. The second kappa shape index (κ2) is 8.32. The normalized spacial score (nSPS) is 10.5. The standard InChI is InChI=1S/C18H23N3O/c19-11-13-21(12-10-15-4-2-1-3-5-15)18(22)17-8-6-16(14-20)7-9-17/h1-9H,10-14,19-20H2. The quantitative estimate of drug-likeness (QED) is 0.818. The molecule has 2 rings (SSSR count). The number of nitrogens with zero attached hydrogens (tertiary/aromatic N) is 1. The molecule has 4 nitrogen and oxygen atoms in total. The SMILES string of the molecule is NCCN(CCc1ccccc1)C(=O)c1ccc(CN)cc1. The number of benzene rings is 2. The smallest absolute Gasteiger partial charge is 0.253 e. The largest absolute Gasteiger partial charge is 0.337 e. The molecule has 0 spiro atoms. The van der Waals surface area contributed by atoms with Crippen LogP contribution in [0.2, 0.25) is 0 Å². The third-order valence-corrected chi connectivity index (χ3v) is 3.64. The summed E-state index contributed by atoms with van der Waals surface area (Å²) in [5.74, 6) is 0.0185. The molecular formula is C18H23N3O. The van der Waals surface area contributed by atoms with Crippen molar-refractivity contribution in [3.8, 4) is 0 Å². The molecule has 0 saturated heterocycles. The molecule has 116 valence electrons. The molecule has 2 aromatic carbocycles. The van der Waals surface area contributed by atoms with Crippen molar-refractivity contribution in [3.63, 3.8) is 0 Å². The van der Waals surface area contributed by atoms with Gasteiger partial charge in [0.15, 0.2) is 0 Å². The van der Waals surface area contributed by atoms with E-state index in [4.69, 9.17) is 11.5 Å². The van der Waals surface area contributed by atoms with Crippen molar-refractivity contribution >= 4 is 5.91 Å². The highest BCUT2D eigenvalue weighted by Crippen LogP contribution is 2.09. The van der Waals surface area contributed by atoms with Crippen LogP contribution in [0.25, 0.3) is 0 Å². The summed E-state index contributed by atoms with van der Waals surface area (Å²) in [6, 6.07) is 17.6. The molecular weight excluding hydrogens is 274 g/mol. The third-order valence-electron chi connectivity index (χ3n) is 3.64. The van der Waals surface area contributed by atoms with Crippen molar-refractivity contribution in [1.29, 1.82) is 0 Å². The summed E-state index contributed by atoms with van der Waals surface area (Å²) < 4.78 is 0. The Bertz CT molecular complexity index is 581. The average Bonchev–Trinajstić information content (AvgIpc) is 2.59. The van der Waals surface area contributed by atoms with Crippen LogP contribution in [0, 0.1) is 0 Å². The number of amides is 1. The van der Waals surface area contributed by atoms with E-state index in [2.05, 4.69) is 12.1 Å². The topological polar surface area (TPSA) is 72.3 Å². The van der Waals surface area contributed by atoms with Crippen molar-refractivity contribution in [1.82, 2.24) is 4.90 Å². The summed E-state index contributed by atoms with van der Waals surface area (Å²) >= 11 is 0. The molecule has 0 fully saturated rings. The lowest BCUT2D eigenvalue weighted by atomic mass is 10.1. The van der Waals surface area contributed by atoms with Crippen LogP contribution in [-0.4, -0.2) is 30.4 Å². The first-order valence-corrected chi connectivity index (χ1v) is 7.57. The van der Waals surface area contributed by atoms with Crippen LogP contribution in [-0.2, 0) is 13.0 Å². The van der Waals surface area contributed by atoms with Crippen LogP contribution < -0.4 is 11.5 Å². The van der Waals surface area contributed by atoms with Gasteiger partial charge in [0, 0.05) is 31.7 Å². The number of hydrogen-bond acceptors (Lipinski definition) is 3. The Hall–Kier alpha value is -2.17. The molecule has 1 amide bonds. The van der Waals surface area contributed by atoms with Gasteiger partial charge in [-0.2, -0.15) is 0 Å². The Balaban J connectivity index is 2.03. The lowest BCUT2D eigenvalue weighted by Crippen LogP contribution is -2.36. The molecule has 0 heterocycles. The molecule has 4 heteroatoms. The second-order valence-corrected chi connectivity index (χ2v) is 5.22. The minimum Gasteiger partial charge on any atom is -0.337 e. The van der Waals surface area contributed by atoms with Crippen LogP contribution in [0.5, 0.6) is 0 Å². The van der Waals surface area contributed by atoms with Crippen LogP contribution in [0.1, 0.15) is 21.5 Å². The lowest BCUT2D eigenvalue weighted by molar-refractivity contribution is 0.0762. The van der Waals surface area contributed by atoms with Gasteiger partial charge in [-0.1, -0.05) is 42.5 Å². The number of carbonyl (C=O) groups excluding carboxylic acids is 1. The van der Waals surface area contributed by atoms with Crippen molar-refractivity contribution in [2.24, 2.45) is 11.5 Å². The fraction of sp³-hybridized carbons (Fsp3) is 0.278. The van der Waals surface area contributed by atoms with Gasteiger partial charge in [0.25, 0.3) is 5.91 Å². The van der Waals surface area contributed by atoms with E-state index in [0.717, 1.165) is 12.0 Å². The summed E-state index contributed by atoms with van der Waals surface area (Å²) in [5.41, 5.74) is 14.2. The number of nitrogens with two attached hydrogens (primary N) is 2. The van der Waals surface area contributed by atoms with E-state index in [9.17, 15) is 4.79 Å². The lowest BCUT2D eigenvalue weighted by Gasteiger charge is -2.22. The maximum Gasteiger partial charge on any atom is 0.253 e. The Morgan fingerprint density at radius 1 is 0.864 bits per heavy atom. The summed E-state index contributed by atoms with van der Waals surface area (Å²) in [7, 11) is 0. The monoisotopic (exact) mass is 297 g/mol. The second-order valence-electron chi connectivity index (χ2n) is 5.22. The Labute approximate surface area is 131 Å². The zero-order valence-corrected chi connectivity index (χ0v) is 12.7. The van der Waals surface area contributed by atoms with Crippen molar-refractivity contribution in [3.05, 3.63) is 71.3 Å². The van der Waals surface area contributed by atoms with E-state index in [-0.39, 0.29) is 5.91 Å². The van der Waals surface area contributed by atoms with Gasteiger partial charge in [-0.25, -0.2) is 0 Å². The highest BCUT2D eigenvalue weighted by Gasteiger charge is 2.14. The molecule has 0 bridgehead atoms. The number of rotatable bonds is 7. The first-order valence-electron chi connectivity index (χ1n) is 7.57. The summed E-state index contributed by atoms with van der Waals surface area (Å²) in [5, 5.41) is 0. The van der Waals surface area contributed by atoms with E-state index in [1.165, 1.54) is 5.56 Å². The maximum absolute atomic E-state index is 12.6. The van der Waals surface area contributed by atoms with Gasteiger partial charge in [-0.15, -0.1) is 0 Å². The summed E-state index contributed by atoms with van der Waals surface area (Å²) in [6.45, 7) is 2.17. The van der Waals surface area contributed by atoms with E-state index >= 15 is 0 Å². The fourth-order valence-corrected chi connectivity index (χ4v) is 2.35. The number of carbonyl (C=O) groups is 1. The minimum absolute atomic E-state index is 0.0185. The van der Waals surface area contributed by atoms with Gasteiger partial charge in [0.1, 0.15) is 0 Å². The first kappa shape index (κ1) is 16.2. The molecule has 2 aromatic rings.